The van der Waals surface area contributed by atoms with Gasteiger partial charge in [0.15, 0.2) is 11.6 Å². The Hall–Kier alpha value is -9.39. The van der Waals surface area contributed by atoms with Gasteiger partial charge in [0.2, 0.25) is 5.95 Å². The Morgan fingerprint density at radius 3 is 1.19 bits per heavy atom. The Kier molecular flexibility index (Phi) is 7.97. The molecular weight excluding hydrogens is 841 g/mol. The molecule has 0 aliphatic carbocycles. The summed E-state index contributed by atoms with van der Waals surface area (Å²) < 4.78 is 7.08. The summed E-state index contributed by atoms with van der Waals surface area (Å²) >= 11 is 0. The number of fused-ring (bicyclic) bond motifs is 13. The molecular formula is C63H38N6. The number of nitrogens with zero attached hydrogens (tertiary/aromatic N) is 6. The van der Waals surface area contributed by atoms with Crippen LogP contribution in [-0.4, -0.2) is 28.7 Å². The van der Waals surface area contributed by atoms with E-state index in [-0.39, 0.29) is 0 Å². The first-order valence-electron chi connectivity index (χ1n) is 23.4. The van der Waals surface area contributed by atoms with Crippen LogP contribution in [0.1, 0.15) is 0 Å². The van der Waals surface area contributed by atoms with E-state index in [0.717, 1.165) is 66.1 Å². The van der Waals surface area contributed by atoms with Crippen LogP contribution in [0.2, 0.25) is 0 Å². The van der Waals surface area contributed by atoms with Crippen molar-refractivity contribution in [3.05, 3.63) is 231 Å². The molecule has 69 heavy (non-hydrogen) atoms. The Morgan fingerprint density at radius 1 is 0.246 bits per heavy atom. The van der Waals surface area contributed by atoms with Crippen LogP contribution >= 0.6 is 0 Å². The van der Waals surface area contributed by atoms with Crippen LogP contribution in [0, 0.1) is 0 Å². The molecule has 0 aliphatic rings. The van der Waals surface area contributed by atoms with Gasteiger partial charge in [-0.3, -0.25) is 4.57 Å². The number of aromatic nitrogens is 6. The summed E-state index contributed by atoms with van der Waals surface area (Å²) in [5, 5.41) is 14.2. The fraction of sp³-hybridized carbons (Fsp3) is 0. The van der Waals surface area contributed by atoms with Crippen LogP contribution in [0.5, 0.6) is 0 Å². The van der Waals surface area contributed by atoms with E-state index in [1.807, 2.05) is 0 Å². The molecule has 6 nitrogen and oxygen atoms in total. The quantitative estimate of drug-likeness (QED) is 0.173. The molecule has 15 rings (SSSR count). The first kappa shape index (κ1) is 37.8. The van der Waals surface area contributed by atoms with Gasteiger partial charge in [-0.1, -0.05) is 158 Å². The average molecular weight is 879 g/mol. The van der Waals surface area contributed by atoms with Gasteiger partial charge in [-0.15, -0.1) is 0 Å². The Balaban J connectivity index is 0.956. The normalized spacial score (nSPS) is 12.1. The monoisotopic (exact) mass is 878 g/mol. The molecule has 6 heteroatoms. The minimum Gasteiger partial charge on any atom is -0.309 e. The second-order valence-corrected chi connectivity index (χ2v) is 18.1. The van der Waals surface area contributed by atoms with Crippen molar-refractivity contribution >= 4 is 97.7 Å². The average Bonchev–Trinajstić information content (AvgIpc) is 4.06. The highest BCUT2D eigenvalue weighted by Crippen LogP contribution is 2.43. The number of hydrogen-bond donors (Lipinski definition) is 0. The van der Waals surface area contributed by atoms with E-state index in [0.29, 0.717) is 17.6 Å². The third-order valence-electron chi connectivity index (χ3n) is 14.2. The molecule has 0 spiro atoms. The highest BCUT2D eigenvalue weighted by molar-refractivity contribution is 6.29. The van der Waals surface area contributed by atoms with Crippen LogP contribution in [0.15, 0.2) is 231 Å². The first-order valence-corrected chi connectivity index (χ1v) is 23.4. The zero-order chi connectivity index (χ0) is 45.2. The highest BCUT2D eigenvalue weighted by Gasteiger charge is 2.23. The summed E-state index contributed by atoms with van der Waals surface area (Å²) in [6, 6.07) is 82.9. The fourth-order valence-corrected chi connectivity index (χ4v) is 11.1. The minimum atomic E-state index is 0.567. The van der Waals surface area contributed by atoms with Crippen molar-refractivity contribution in [1.29, 1.82) is 0 Å². The van der Waals surface area contributed by atoms with Crippen LogP contribution in [0.3, 0.4) is 0 Å². The lowest BCUT2D eigenvalue weighted by Crippen LogP contribution is -2.06. The standard InChI is InChI=1S/C63H38N6/c1-4-16-42-35-45(27-25-39(42)13-1)61-64-62(46-28-26-40-14-2-5-17-43(40)36-46)66-63(65-61)69-53-22-10-7-19-49(53)52-38-48(31-32-56(52)69)68-55-24-12-9-21-51(55)60-58(68)34-33-57-59(60)50-20-8-11-23-54(50)67(57)47-30-29-41-15-3-6-18-44(41)37-47/h1-38H. The van der Waals surface area contributed by atoms with Crippen LogP contribution < -0.4 is 0 Å². The maximum absolute atomic E-state index is 5.32. The maximum Gasteiger partial charge on any atom is 0.238 e. The van der Waals surface area contributed by atoms with Gasteiger partial charge in [-0.2, -0.15) is 9.97 Å². The summed E-state index contributed by atoms with van der Waals surface area (Å²) in [6.45, 7) is 0. The van der Waals surface area contributed by atoms with Crippen molar-refractivity contribution < 1.29 is 0 Å². The molecule has 0 atom stereocenters. The van der Waals surface area contributed by atoms with Gasteiger partial charge in [0.05, 0.1) is 33.1 Å². The van der Waals surface area contributed by atoms with Crippen molar-refractivity contribution in [1.82, 2.24) is 28.7 Å². The lowest BCUT2D eigenvalue weighted by Gasteiger charge is -2.12. The molecule has 15 aromatic rings. The van der Waals surface area contributed by atoms with E-state index in [4.69, 9.17) is 15.0 Å². The lowest BCUT2D eigenvalue weighted by molar-refractivity contribution is 0.953. The third-order valence-corrected chi connectivity index (χ3v) is 14.2. The topological polar surface area (TPSA) is 53.5 Å². The Morgan fingerprint density at radius 2 is 0.638 bits per heavy atom. The van der Waals surface area contributed by atoms with E-state index in [1.165, 1.54) is 54.1 Å². The molecule has 0 fully saturated rings. The summed E-state index contributed by atoms with van der Waals surface area (Å²) in [5.41, 5.74) is 10.8. The molecule has 0 amide bonds. The van der Waals surface area contributed by atoms with E-state index >= 15 is 0 Å². The molecule has 0 radical (unpaired) electrons. The van der Waals surface area contributed by atoms with Crippen molar-refractivity contribution in [2.75, 3.05) is 0 Å². The molecule has 4 heterocycles. The van der Waals surface area contributed by atoms with Crippen LogP contribution in [-0.2, 0) is 0 Å². The predicted molar refractivity (Wildman–Crippen MR) is 286 cm³/mol. The largest absolute Gasteiger partial charge is 0.309 e. The molecule has 0 unspecified atom stereocenters. The van der Waals surface area contributed by atoms with Gasteiger partial charge in [0.25, 0.3) is 0 Å². The molecule has 11 aromatic carbocycles. The van der Waals surface area contributed by atoms with Crippen molar-refractivity contribution in [2.24, 2.45) is 0 Å². The van der Waals surface area contributed by atoms with Gasteiger partial charge in [0, 0.05) is 54.8 Å². The van der Waals surface area contributed by atoms with Crippen LogP contribution in [0.25, 0.3) is 138 Å². The van der Waals surface area contributed by atoms with Gasteiger partial charge < -0.3 is 9.13 Å². The highest BCUT2D eigenvalue weighted by atomic mass is 15.2. The Bertz CT molecular complexity index is 4530. The van der Waals surface area contributed by atoms with Gasteiger partial charge in [-0.05, 0) is 105 Å². The zero-order valence-electron chi connectivity index (χ0n) is 37.1. The van der Waals surface area contributed by atoms with Gasteiger partial charge in [-0.25, -0.2) is 4.98 Å². The van der Waals surface area contributed by atoms with Crippen LogP contribution in [0.4, 0.5) is 0 Å². The molecule has 0 saturated carbocycles. The smallest absolute Gasteiger partial charge is 0.238 e. The molecule has 0 aliphatic heterocycles. The summed E-state index contributed by atoms with van der Waals surface area (Å²) in [4.78, 5) is 15.8. The summed E-state index contributed by atoms with van der Waals surface area (Å²) in [5.74, 6) is 1.81. The number of para-hydroxylation sites is 3. The fourth-order valence-electron chi connectivity index (χ4n) is 11.1. The molecule has 0 N–H and O–H groups in total. The van der Waals surface area contributed by atoms with Gasteiger partial charge in [0.1, 0.15) is 0 Å². The van der Waals surface area contributed by atoms with E-state index in [9.17, 15) is 0 Å². The lowest BCUT2D eigenvalue weighted by atomic mass is 10.1. The molecule has 320 valence electrons. The third kappa shape index (κ3) is 5.69. The first-order chi connectivity index (χ1) is 34.2. The van der Waals surface area contributed by atoms with Crippen molar-refractivity contribution in [2.45, 2.75) is 0 Å². The molecule has 0 saturated heterocycles. The summed E-state index contributed by atoms with van der Waals surface area (Å²) in [6.07, 6.45) is 0. The maximum atomic E-state index is 5.32. The zero-order valence-corrected chi connectivity index (χ0v) is 37.1. The second-order valence-electron chi connectivity index (χ2n) is 18.1. The summed E-state index contributed by atoms with van der Waals surface area (Å²) in [7, 11) is 0. The number of rotatable bonds is 5. The predicted octanol–water partition coefficient (Wildman–Crippen LogP) is 16.0. The van der Waals surface area contributed by atoms with Crippen molar-refractivity contribution in [3.63, 3.8) is 0 Å². The van der Waals surface area contributed by atoms with E-state index in [2.05, 4.69) is 244 Å². The second kappa shape index (κ2) is 14.6. The molecule has 0 bridgehead atoms. The number of benzene rings is 11. The van der Waals surface area contributed by atoms with Crippen molar-refractivity contribution in [3.8, 4) is 40.1 Å². The number of hydrogen-bond acceptors (Lipinski definition) is 3. The van der Waals surface area contributed by atoms with Gasteiger partial charge >= 0.3 is 0 Å². The van der Waals surface area contributed by atoms with E-state index < -0.39 is 0 Å². The van der Waals surface area contributed by atoms with E-state index in [1.54, 1.807) is 0 Å². The minimum absolute atomic E-state index is 0.567. The Labute approximate surface area is 395 Å². The molecule has 4 aromatic heterocycles. The SMILES string of the molecule is c1ccc2cc(-c3nc(-c4ccc5ccccc5c4)nc(-n4c5ccccc5c5cc(-n6c7ccccc7c7c8c9ccccc9n(-c9ccc%10ccccc%10c9)c8ccc76)ccc54)n3)ccc2c1.